The molecule has 4 aromatic rings. The third-order valence-corrected chi connectivity index (χ3v) is 7.39. The highest BCUT2D eigenvalue weighted by Crippen LogP contribution is 2.53. The van der Waals surface area contributed by atoms with E-state index in [4.69, 9.17) is 8.83 Å². The van der Waals surface area contributed by atoms with E-state index >= 15 is 0 Å². The van der Waals surface area contributed by atoms with Gasteiger partial charge in [-0.1, -0.05) is 32.9 Å². The normalized spacial score (nSPS) is 24.6. The molecule has 2 unspecified atom stereocenters. The molecule has 1 N–H and O–H groups in total. The van der Waals surface area contributed by atoms with Crippen LogP contribution in [0, 0.1) is 10.8 Å². The molecule has 2 bridgehead atoms. The third-order valence-electron chi connectivity index (χ3n) is 7.39. The molecule has 1 saturated carbocycles. The number of benzene rings is 2. The van der Waals surface area contributed by atoms with Crippen molar-refractivity contribution in [2.24, 2.45) is 10.8 Å². The number of hydrogen-bond acceptors (Lipinski definition) is 6. The van der Waals surface area contributed by atoms with Gasteiger partial charge in [0.2, 0.25) is 5.89 Å². The highest BCUT2D eigenvalue weighted by molar-refractivity contribution is 5.85. The minimum absolute atomic E-state index is 0.158. The zero-order chi connectivity index (χ0) is 23.0. The summed E-state index contributed by atoms with van der Waals surface area (Å²) in [5, 5.41) is 11.5. The second-order valence-corrected chi connectivity index (χ2v) is 11.0. The standard InChI is InChI=1S/C27H28N2O4/c1-26(2)11-17-12-27(3,14-26)15-29(17)13-19-21(30)9-8-16-10-18(25(31)33-23(16)19)24-28-20-6-4-5-7-22(20)32-24/h4-10,17,30H,11-15H2,1-3H3. The fraction of sp³-hybridized carbons (Fsp3) is 0.407. The Morgan fingerprint density at radius 1 is 1.12 bits per heavy atom. The summed E-state index contributed by atoms with van der Waals surface area (Å²) in [4.78, 5) is 19.9. The van der Waals surface area contributed by atoms with E-state index in [1.807, 2.05) is 24.3 Å². The van der Waals surface area contributed by atoms with Gasteiger partial charge in [-0.25, -0.2) is 9.78 Å². The number of nitrogens with zero attached hydrogens (tertiary/aromatic N) is 2. The van der Waals surface area contributed by atoms with Gasteiger partial charge in [-0.2, -0.15) is 0 Å². The van der Waals surface area contributed by atoms with E-state index in [0.29, 0.717) is 40.2 Å². The molecule has 1 saturated heterocycles. The molecule has 6 nitrogen and oxygen atoms in total. The molecule has 3 heterocycles. The summed E-state index contributed by atoms with van der Waals surface area (Å²) < 4.78 is 11.6. The Bertz CT molecular complexity index is 1420. The van der Waals surface area contributed by atoms with Crippen molar-refractivity contribution in [3.05, 3.63) is 58.4 Å². The molecule has 2 atom stereocenters. The third kappa shape index (κ3) is 3.44. The lowest BCUT2D eigenvalue weighted by Gasteiger charge is -2.40. The number of fused-ring (bicyclic) bond motifs is 4. The van der Waals surface area contributed by atoms with Crippen molar-refractivity contribution in [1.29, 1.82) is 0 Å². The summed E-state index contributed by atoms with van der Waals surface area (Å²) in [6.45, 7) is 8.62. The number of hydrogen-bond donors (Lipinski definition) is 1. The van der Waals surface area contributed by atoms with Gasteiger partial charge < -0.3 is 13.9 Å². The second-order valence-electron chi connectivity index (χ2n) is 11.0. The minimum Gasteiger partial charge on any atom is -0.507 e. The Kier molecular flexibility index (Phi) is 4.31. The molecule has 1 aliphatic carbocycles. The molecule has 0 radical (unpaired) electrons. The second kappa shape index (κ2) is 6.94. The summed E-state index contributed by atoms with van der Waals surface area (Å²) in [5.41, 5.74) is 2.77. The minimum atomic E-state index is -0.519. The molecule has 2 aromatic carbocycles. The topological polar surface area (TPSA) is 79.7 Å². The molecule has 2 aliphatic rings. The SMILES string of the molecule is CC1(C)CC2CC(C)(CN2Cc2c(O)ccc3cc(-c4nc5ccccc5o4)c(=O)oc23)C1. The summed E-state index contributed by atoms with van der Waals surface area (Å²) in [5.74, 6) is 0.399. The first-order valence-corrected chi connectivity index (χ1v) is 11.6. The Hall–Kier alpha value is -3.12. The number of phenolic OH excluding ortho intramolecular Hbond substituents is 1. The molecule has 1 aliphatic heterocycles. The van der Waals surface area contributed by atoms with Gasteiger partial charge in [-0.3, -0.25) is 4.90 Å². The fourth-order valence-electron chi connectivity index (χ4n) is 6.49. The van der Waals surface area contributed by atoms with E-state index in [-0.39, 0.29) is 22.6 Å². The maximum absolute atomic E-state index is 13.0. The summed E-state index contributed by atoms with van der Waals surface area (Å²) >= 11 is 0. The Morgan fingerprint density at radius 2 is 1.94 bits per heavy atom. The van der Waals surface area contributed by atoms with Crippen LogP contribution >= 0.6 is 0 Å². The fourth-order valence-corrected chi connectivity index (χ4v) is 6.49. The van der Waals surface area contributed by atoms with Crippen LogP contribution in [0.25, 0.3) is 33.5 Å². The zero-order valence-electron chi connectivity index (χ0n) is 19.2. The van der Waals surface area contributed by atoms with Crippen LogP contribution < -0.4 is 5.63 Å². The lowest BCUT2D eigenvalue weighted by Crippen LogP contribution is -2.34. The maximum Gasteiger partial charge on any atom is 0.349 e. The van der Waals surface area contributed by atoms with Crippen molar-refractivity contribution in [2.45, 2.75) is 52.6 Å². The van der Waals surface area contributed by atoms with Crippen molar-refractivity contribution >= 4 is 22.1 Å². The van der Waals surface area contributed by atoms with Crippen LogP contribution in [0.15, 0.2) is 56.1 Å². The Labute approximate surface area is 191 Å². The van der Waals surface area contributed by atoms with Crippen molar-refractivity contribution in [2.75, 3.05) is 6.54 Å². The summed E-state index contributed by atoms with van der Waals surface area (Å²) in [7, 11) is 0. The quantitative estimate of drug-likeness (QED) is 0.408. The van der Waals surface area contributed by atoms with Crippen LogP contribution in [0.3, 0.4) is 0 Å². The number of para-hydroxylation sites is 2. The number of oxazole rings is 1. The van der Waals surface area contributed by atoms with Crippen molar-refractivity contribution in [3.63, 3.8) is 0 Å². The smallest absolute Gasteiger partial charge is 0.349 e. The number of aromatic nitrogens is 1. The van der Waals surface area contributed by atoms with Gasteiger partial charge in [-0.05, 0) is 60.4 Å². The van der Waals surface area contributed by atoms with E-state index in [0.717, 1.165) is 18.4 Å². The van der Waals surface area contributed by atoms with E-state index in [2.05, 4.69) is 30.7 Å². The Morgan fingerprint density at radius 3 is 2.76 bits per heavy atom. The molecule has 0 spiro atoms. The number of likely N-dealkylation sites (tertiary alicyclic amines) is 1. The van der Waals surface area contributed by atoms with Gasteiger partial charge in [0.05, 0.1) is 5.56 Å². The number of rotatable bonds is 3. The van der Waals surface area contributed by atoms with Gasteiger partial charge in [0, 0.05) is 24.5 Å². The summed E-state index contributed by atoms with van der Waals surface area (Å²) in [6, 6.07) is 13.1. The van der Waals surface area contributed by atoms with Crippen molar-refractivity contribution < 1.29 is 13.9 Å². The Balaban J connectivity index is 1.40. The molecular weight excluding hydrogens is 416 g/mol. The van der Waals surface area contributed by atoms with Gasteiger partial charge in [0.25, 0.3) is 0 Å². The van der Waals surface area contributed by atoms with Crippen LogP contribution in [-0.2, 0) is 6.54 Å². The van der Waals surface area contributed by atoms with E-state index in [1.54, 1.807) is 18.2 Å². The van der Waals surface area contributed by atoms with Gasteiger partial charge in [0.15, 0.2) is 5.58 Å². The largest absolute Gasteiger partial charge is 0.507 e. The molecule has 6 rings (SSSR count). The predicted octanol–water partition coefficient (Wildman–Crippen LogP) is 5.71. The van der Waals surface area contributed by atoms with E-state index in [1.165, 1.54) is 12.8 Å². The molecule has 2 fully saturated rings. The highest BCUT2D eigenvalue weighted by Gasteiger charge is 2.49. The first kappa shape index (κ1) is 20.5. The maximum atomic E-state index is 13.0. The van der Waals surface area contributed by atoms with Crippen LogP contribution in [0.2, 0.25) is 0 Å². The highest BCUT2D eigenvalue weighted by atomic mass is 16.4. The van der Waals surface area contributed by atoms with Crippen LogP contribution in [0.1, 0.15) is 45.6 Å². The van der Waals surface area contributed by atoms with Gasteiger partial charge in [0.1, 0.15) is 22.4 Å². The summed E-state index contributed by atoms with van der Waals surface area (Å²) in [6.07, 6.45) is 3.52. The lowest BCUT2D eigenvalue weighted by molar-refractivity contribution is 0.126. The van der Waals surface area contributed by atoms with Gasteiger partial charge in [-0.15, -0.1) is 0 Å². The average molecular weight is 445 g/mol. The molecule has 6 heteroatoms. The van der Waals surface area contributed by atoms with Gasteiger partial charge >= 0.3 is 5.63 Å². The van der Waals surface area contributed by atoms with Crippen molar-refractivity contribution in [3.8, 4) is 17.2 Å². The van der Waals surface area contributed by atoms with Crippen LogP contribution in [0.5, 0.6) is 5.75 Å². The molecular formula is C27H28N2O4. The zero-order valence-corrected chi connectivity index (χ0v) is 19.2. The molecule has 170 valence electrons. The molecule has 33 heavy (non-hydrogen) atoms. The number of aromatic hydroxyl groups is 1. The predicted molar refractivity (Wildman–Crippen MR) is 127 cm³/mol. The first-order chi connectivity index (χ1) is 15.7. The van der Waals surface area contributed by atoms with E-state index < -0.39 is 5.63 Å². The molecule has 0 amide bonds. The first-order valence-electron chi connectivity index (χ1n) is 11.6. The average Bonchev–Trinajstić information content (AvgIpc) is 3.27. The van der Waals surface area contributed by atoms with Crippen LogP contribution in [-0.4, -0.2) is 27.6 Å². The van der Waals surface area contributed by atoms with Crippen molar-refractivity contribution in [1.82, 2.24) is 9.88 Å². The molecule has 2 aromatic heterocycles. The monoisotopic (exact) mass is 444 g/mol. The number of phenols is 1. The van der Waals surface area contributed by atoms with E-state index in [9.17, 15) is 9.90 Å². The van der Waals surface area contributed by atoms with Crippen LogP contribution in [0.4, 0.5) is 0 Å². The lowest BCUT2D eigenvalue weighted by atomic mass is 9.65.